The minimum absolute atomic E-state index is 0.0986. The number of anilines is 1. The van der Waals surface area contributed by atoms with Crippen molar-refractivity contribution in [3.8, 4) is 0 Å². The van der Waals surface area contributed by atoms with Crippen LogP contribution in [0.1, 0.15) is 11.4 Å². The summed E-state index contributed by atoms with van der Waals surface area (Å²) in [6, 6.07) is 7.38. The molecule has 0 bridgehead atoms. The Labute approximate surface area is 135 Å². The average molecular weight is 330 g/mol. The lowest BCUT2D eigenvalue weighted by Crippen LogP contribution is -2.20. The van der Waals surface area contributed by atoms with Crippen LogP contribution in [-0.4, -0.2) is 29.0 Å². The number of carbonyl (C=O) groups excluding carboxylic acids is 2. The summed E-state index contributed by atoms with van der Waals surface area (Å²) in [7, 11) is 1.57. The van der Waals surface area contributed by atoms with Crippen molar-refractivity contribution in [1.29, 1.82) is 0 Å². The van der Waals surface area contributed by atoms with Gasteiger partial charge in [0.2, 0.25) is 11.8 Å². The van der Waals surface area contributed by atoms with Crippen molar-refractivity contribution in [1.82, 2.24) is 15.5 Å². The molecule has 8 heteroatoms. The van der Waals surface area contributed by atoms with Gasteiger partial charge in [0, 0.05) is 17.8 Å². The fourth-order valence-electron chi connectivity index (χ4n) is 2.08. The second-order valence-electron chi connectivity index (χ2n) is 4.84. The van der Waals surface area contributed by atoms with Crippen LogP contribution < -0.4 is 10.6 Å². The van der Waals surface area contributed by atoms with Crippen LogP contribution in [-0.2, 0) is 22.4 Å². The van der Waals surface area contributed by atoms with Crippen molar-refractivity contribution in [3.63, 3.8) is 0 Å². The van der Waals surface area contributed by atoms with Crippen molar-refractivity contribution < 1.29 is 14.1 Å². The molecular formula is C15H14N4O3S. The lowest BCUT2D eigenvalue weighted by Gasteiger charge is -1.99. The monoisotopic (exact) mass is 330 g/mol. The molecule has 1 aromatic carbocycles. The number of carbonyl (C=O) groups is 2. The molecule has 23 heavy (non-hydrogen) atoms. The smallest absolute Gasteiger partial charge is 0.232 e. The summed E-state index contributed by atoms with van der Waals surface area (Å²) in [5, 5.41) is 12.2. The summed E-state index contributed by atoms with van der Waals surface area (Å²) in [6.45, 7) is 0. The first-order chi connectivity index (χ1) is 11.2. The lowest BCUT2D eigenvalue weighted by atomic mass is 10.2. The summed E-state index contributed by atoms with van der Waals surface area (Å²) in [5.74, 6) is -0.355. The van der Waals surface area contributed by atoms with E-state index in [2.05, 4.69) is 20.8 Å². The van der Waals surface area contributed by atoms with E-state index in [-0.39, 0.29) is 24.7 Å². The van der Waals surface area contributed by atoms with Gasteiger partial charge < -0.3 is 15.2 Å². The van der Waals surface area contributed by atoms with Crippen molar-refractivity contribution in [2.75, 3.05) is 12.4 Å². The zero-order valence-electron chi connectivity index (χ0n) is 12.3. The molecule has 2 heterocycles. The molecule has 2 aromatic heterocycles. The molecule has 0 saturated heterocycles. The highest BCUT2D eigenvalue weighted by Gasteiger charge is 2.14. The van der Waals surface area contributed by atoms with Crippen LogP contribution in [0.3, 0.4) is 0 Å². The van der Waals surface area contributed by atoms with Crippen molar-refractivity contribution in [3.05, 3.63) is 41.0 Å². The largest absolute Gasteiger partial charge is 0.359 e. The number of para-hydroxylation sites is 1. The first kappa shape index (κ1) is 15.2. The number of fused-ring (bicyclic) bond motifs is 1. The molecular weight excluding hydrogens is 316 g/mol. The quantitative estimate of drug-likeness (QED) is 0.743. The Bertz CT molecular complexity index is 855. The normalized spacial score (nSPS) is 10.7. The van der Waals surface area contributed by atoms with Gasteiger partial charge >= 0.3 is 0 Å². The Hall–Kier alpha value is -2.74. The number of rotatable bonds is 5. The van der Waals surface area contributed by atoms with Crippen LogP contribution in [0.15, 0.2) is 34.2 Å². The van der Waals surface area contributed by atoms with Gasteiger partial charge in [-0.2, -0.15) is 0 Å². The fourth-order valence-corrected chi connectivity index (χ4v) is 2.81. The third-order valence-electron chi connectivity index (χ3n) is 3.20. The molecule has 0 spiro atoms. The molecule has 7 nitrogen and oxygen atoms in total. The van der Waals surface area contributed by atoms with Gasteiger partial charge in [0.05, 0.1) is 18.5 Å². The van der Waals surface area contributed by atoms with E-state index in [4.69, 9.17) is 4.52 Å². The van der Waals surface area contributed by atoms with E-state index < -0.39 is 0 Å². The number of benzene rings is 1. The van der Waals surface area contributed by atoms with Gasteiger partial charge in [-0.15, -0.1) is 11.3 Å². The van der Waals surface area contributed by atoms with E-state index >= 15 is 0 Å². The van der Waals surface area contributed by atoms with E-state index in [9.17, 15) is 9.59 Å². The van der Waals surface area contributed by atoms with Crippen LogP contribution in [0.5, 0.6) is 0 Å². The standard InChI is InChI=1S/C15H14N4O3S/c1-16-13(20)6-9-8-23-15(17-9)18-14(21)7-11-10-4-2-3-5-12(10)22-19-11/h2-5,8H,6-7H2,1H3,(H,16,20)(H,17,18,21). The Morgan fingerprint density at radius 3 is 2.87 bits per heavy atom. The van der Waals surface area contributed by atoms with Crippen LogP contribution in [0.2, 0.25) is 0 Å². The Kier molecular flexibility index (Phi) is 4.33. The number of amides is 2. The minimum atomic E-state index is -0.232. The SMILES string of the molecule is CNC(=O)Cc1csc(NC(=O)Cc2noc3ccccc23)n1. The fraction of sp³-hybridized carbons (Fsp3) is 0.200. The maximum atomic E-state index is 12.1. The third kappa shape index (κ3) is 3.54. The number of nitrogens with one attached hydrogen (secondary N) is 2. The summed E-state index contributed by atoms with van der Waals surface area (Å²) in [5.41, 5.74) is 1.86. The van der Waals surface area contributed by atoms with Crippen molar-refractivity contribution in [2.24, 2.45) is 0 Å². The average Bonchev–Trinajstić information content (AvgIpc) is 3.15. The van der Waals surface area contributed by atoms with Crippen molar-refractivity contribution in [2.45, 2.75) is 12.8 Å². The Balaban J connectivity index is 1.64. The molecule has 0 atom stereocenters. The molecule has 0 aliphatic rings. The Morgan fingerprint density at radius 2 is 2.04 bits per heavy atom. The molecule has 2 amide bonds. The Morgan fingerprint density at radius 1 is 1.22 bits per heavy atom. The van der Waals surface area contributed by atoms with Gasteiger partial charge in [-0.05, 0) is 12.1 Å². The number of likely N-dealkylation sites (N-methyl/N-ethyl adjacent to an activating group) is 1. The van der Waals surface area contributed by atoms with Gasteiger partial charge in [-0.3, -0.25) is 9.59 Å². The minimum Gasteiger partial charge on any atom is -0.359 e. The summed E-state index contributed by atoms with van der Waals surface area (Å²) in [4.78, 5) is 27.6. The second-order valence-corrected chi connectivity index (χ2v) is 5.70. The lowest BCUT2D eigenvalue weighted by molar-refractivity contribution is -0.120. The number of hydrogen-bond donors (Lipinski definition) is 2. The van der Waals surface area contributed by atoms with Gasteiger partial charge in [0.25, 0.3) is 0 Å². The topological polar surface area (TPSA) is 97.1 Å². The molecule has 0 aliphatic carbocycles. The van der Waals surface area contributed by atoms with Gasteiger partial charge in [0.15, 0.2) is 10.7 Å². The summed E-state index contributed by atoms with van der Waals surface area (Å²) < 4.78 is 5.17. The molecule has 0 saturated carbocycles. The number of hydrogen-bond acceptors (Lipinski definition) is 6. The highest BCUT2D eigenvalue weighted by Crippen LogP contribution is 2.20. The van der Waals surface area contributed by atoms with Crippen LogP contribution in [0, 0.1) is 0 Å². The zero-order valence-corrected chi connectivity index (χ0v) is 13.1. The predicted octanol–water partition coefficient (Wildman–Crippen LogP) is 1.75. The molecule has 0 unspecified atom stereocenters. The van der Waals surface area contributed by atoms with Gasteiger partial charge in [0.1, 0.15) is 5.69 Å². The number of aromatic nitrogens is 2. The summed E-state index contributed by atoms with van der Waals surface area (Å²) in [6.07, 6.45) is 0.290. The van der Waals surface area contributed by atoms with Crippen LogP contribution in [0.25, 0.3) is 11.0 Å². The maximum absolute atomic E-state index is 12.1. The zero-order chi connectivity index (χ0) is 16.2. The second kappa shape index (κ2) is 6.57. The number of thiazole rings is 1. The number of nitrogens with zero attached hydrogens (tertiary/aromatic N) is 2. The van der Waals surface area contributed by atoms with E-state index in [0.29, 0.717) is 22.1 Å². The van der Waals surface area contributed by atoms with E-state index in [1.54, 1.807) is 18.5 Å². The van der Waals surface area contributed by atoms with Crippen LogP contribution >= 0.6 is 11.3 Å². The van der Waals surface area contributed by atoms with Crippen LogP contribution in [0.4, 0.5) is 5.13 Å². The molecule has 118 valence electrons. The molecule has 2 N–H and O–H groups in total. The molecule has 3 aromatic rings. The molecule has 3 rings (SSSR count). The third-order valence-corrected chi connectivity index (χ3v) is 4.01. The summed E-state index contributed by atoms with van der Waals surface area (Å²) >= 11 is 1.28. The van der Waals surface area contributed by atoms with E-state index in [0.717, 1.165) is 5.39 Å². The van der Waals surface area contributed by atoms with E-state index in [1.165, 1.54) is 11.3 Å². The predicted molar refractivity (Wildman–Crippen MR) is 86.2 cm³/mol. The molecule has 0 fully saturated rings. The van der Waals surface area contributed by atoms with E-state index in [1.807, 2.05) is 18.2 Å². The van der Waals surface area contributed by atoms with Gasteiger partial charge in [-0.25, -0.2) is 4.98 Å². The first-order valence-electron chi connectivity index (χ1n) is 6.94. The highest BCUT2D eigenvalue weighted by atomic mass is 32.1. The molecule has 0 aliphatic heterocycles. The maximum Gasteiger partial charge on any atom is 0.232 e. The van der Waals surface area contributed by atoms with Gasteiger partial charge in [-0.1, -0.05) is 17.3 Å². The van der Waals surface area contributed by atoms with Crippen molar-refractivity contribution >= 4 is 39.3 Å². The first-order valence-corrected chi connectivity index (χ1v) is 7.82. The highest BCUT2D eigenvalue weighted by molar-refractivity contribution is 7.13. The molecule has 0 radical (unpaired) electrons.